The summed E-state index contributed by atoms with van der Waals surface area (Å²) in [5, 5.41) is 23.2. The first-order valence-corrected chi connectivity index (χ1v) is 9.40. The van der Waals surface area contributed by atoms with Crippen molar-refractivity contribution in [2.75, 3.05) is 0 Å². The summed E-state index contributed by atoms with van der Waals surface area (Å²) in [5.74, 6) is 1.38. The molecule has 29 heavy (non-hydrogen) atoms. The molecular formula is C21H13N3O4S. The number of nitrogens with zero attached hydrogens (tertiary/aromatic N) is 3. The highest BCUT2D eigenvalue weighted by Crippen LogP contribution is 2.33. The maximum absolute atomic E-state index is 11.4. The van der Waals surface area contributed by atoms with Crippen LogP contribution in [0.3, 0.4) is 0 Å². The number of nitro groups is 1. The van der Waals surface area contributed by atoms with Gasteiger partial charge in [-0.2, -0.15) is 5.26 Å². The number of thiazole rings is 1. The molecule has 0 radical (unpaired) electrons. The van der Waals surface area contributed by atoms with Crippen molar-refractivity contribution in [3.05, 3.63) is 80.6 Å². The van der Waals surface area contributed by atoms with Crippen molar-refractivity contribution in [2.45, 2.75) is 6.92 Å². The highest BCUT2D eigenvalue weighted by Gasteiger charge is 2.18. The number of allylic oxidation sites excluding steroid dienone is 1. The van der Waals surface area contributed by atoms with Crippen molar-refractivity contribution in [3.63, 3.8) is 0 Å². The Kier molecular flexibility index (Phi) is 4.81. The molecule has 0 amide bonds. The predicted molar refractivity (Wildman–Crippen MR) is 109 cm³/mol. The molecule has 7 nitrogen and oxygen atoms in total. The van der Waals surface area contributed by atoms with E-state index in [2.05, 4.69) is 11.1 Å². The third-order valence-electron chi connectivity index (χ3n) is 4.16. The average Bonchev–Trinajstić information content (AvgIpc) is 3.46. The van der Waals surface area contributed by atoms with Crippen LogP contribution in [0.15, 0.2) is 62.9 Å². The second-order valence-corrected chi connectivity index (χ2v) is 7.02. The third kappa shape index (κ3) is 3.72. The molecule has 142 valence electrons. The van der Waals surface area contributed by atoms with E-state index in [4.69, 9.17) is 8.83 Å². The summed E-state index contributed by atoms with van der Waals surface area (Å²) in [6, 6.07) is 13.9. The van der Waals surface area contributed by atoms with Gasteiger partial charge in [0.2, 0.25) is 0 Å². The highest BCUT2D eigenvalue weighted by molar-refractivity contribution is 7.11. The Balaban J connectivity index is 1.67. The molecule has 8 heteroatoms. The molecule has 4 aromatic rings. The standard InChI is InChI=1S/C21H13N3O4S/c1-13-4-6-16(18(9-13)24(25)26)19-7-5-15(28-19)10-14(11-22)21-23-17(12-29-21)20-3-2-8-27-20/h2-10,12H,1H3. The smallest absolute Gasteiger partial charge is 0.280 e. The SMILES string of the molecule is Cc1ccc(-c2ccc(C=C(C#N)c3nc(-c4ccco4)cs3)o2)c([N+](=O)[O-])c1. The van der Waals surface area contributed by atoms with Gasteiger partial charge < -0.3 is 8.83 Å². The van der Waals surface area contributed by atoms with Gasteiger partial charge in [0, 0.05) is 17.5 Å². The van der Waals surface area contributed by atoms with Crippen LogP contribution < -0.4 is 0 Å². The van der Waals surface area contributed by atoms with Crippen molar-refractivity contribution >= 4 is 28.7 Å². The van der Waals surface area contributed by atoms with Crippen LogP contribution in [0.25, 0.3) is 34.4 Å². The minimum absolute atomic E-state index is 0.0293. The monoisotopic (exact) mass is 403 g/mol. The second-order valence-electron chi connectivity index (χ2n) is 6.16. The fraction of sp³-hybridized carbons (Fsp3) is 0.0476. The molecule has 0 unspecified atom stereocenters. The minimum Gasteiger partial charge on any atom is -0.463 e. The number of aromatic nitrogens is 1. The van der Waals surface area contributed by atoms with Crippen LogP contribution in [0, 0.1) is 28.4 Å². The maximum Gasteiger partial charge on any atom is 0.280 e. The van der Waals surface area contributed by atoms with Crippen molar-refractivity contribution < 1.29 is 13.8 Å². The first-order chi connectivity index (χ1) is 14.0. The Hall–Kier alpha value is -3.96. The third-order valence-corrected chi connectivity index (χ3v) is 5.03. The largest absolute Gasteiger partial charge is 0.463 e. The van der Waals surface area contributed by atoms with Crippen LogP contribution in [0.2, 0.25) is 0 Å². The lowest BCUT2D eigenvalue weighted by Gasteiger charge is -2.01. The van der Waals surface area contributed by atoms with E-state index in [9.17, 15) is 15.4 Å². The van der Waals surface area contributed by atoms with E-state index in [0.29, 0.717) is 39.1 Å². The Morgan fingerprint density at radius 3 is 2.86 bits per heavy atom. The molecule has 0 aliphatic heterocycles. The molecule has 0 atom stereocenters. The van der Waals surface area contributed by atoms with Gasteiger partial charge in [-0.25, -0.2) is 4.98 Å². The van der Waals surface area contributed by atoms with Gasteiger partial charge in [0.15, 0.2) is 5.76 Å². The molecule has 4 rings (SSSR count). The van der Waals surface area contributed by atoms with Crippen LogP contribution in [0.1, 0.15) is 16.3 Å². The number of rotatable bonds is 5. The summed E-state index contributed by atoms with van der Waals surface area (Å²) in [7, 11) is 0. The molecule has 3 heterocycles. The summed E-state index contributed by atoms with van der Waals surface area (Å²) >= 11 is 1.32. The molecule has 0 saturated heterocycles. The van der Waals surface area contributed by atoms with Gasteiger partial charge >= 0.3 is 0 Å². The van der Waals surface area contributed by atoms with Crippen molar-refractivity contribution in [1.82, 2.24) is 4.98 Å². The zero-order valence-electron chi connectivity index (χ0n) is 15.2. The fourth-order valence-corrected chi connectivity index (χ4v) is 3.57. The first-order valence-electron chi connectivity index (χ1n) is 8.52. The Morgan fingerprint density at radius 1 is 1.28 bits per heavy atom. The summed E-state index contributed by atoms with van der Waals surface area (Å²) in [6.07, 6.45) is 3.12. The zero-order chi connectivity index (χ0) is 20.4. The minimum atomic E-state index is -0.438. The molecule has 0 fully saturated rings. The summed E-state index contributed by atoms with van der Waals surface area (Å²) in [6.45, 7) is 1.79. The summed E-state index contributed by atoms with van der Waals surface area (Å²) < 4.78 is 11.1. The Morgan fingerprint density at radius 2 is 2.14 bits per heavy atom. The lowest BCUT2D eigenvalue weighted by atomic mass is 10.1. The molecule has 0 spiro atoms. The van der Waals surface area contributed by atoms with Gasteiger partial charge in [-0.15, -0.1) is 11.3 Å². The number of furan rings is 2. The number of nitriles is 1. The number of aryl methyl sites for hydroxylation is 1. The van der Waals surface area contributed by atoms with Crippen LogP contribution in [0.4, 0.5) is 5.69 Å². The van der Waals surface area contributed by atoms with E-state index in [-0.39, 0.29) is 5.69 Å². The molecule has 0 aliphatic rings. The lowest BCUT2D eigenvalue weighted by Crippen LogP contribution is -1.92. The van der Waals surface area contributed by atoms with E-state index < -0.39 is 4.92 Å². The van der Waals surface area contributed by atoms with Crippen LogP contribution in [-0.2, 0) is 0 Å². The van der Waals surface area contributed by atoms with Gasteiger partial charge in [0.05, 0.1) is 22.3 Å². The van der Waals surface area contributed by atoms with Crippen molar-refractivity contribution in [2.24, 2.45) is 0 Å². The van der Waals surface area contributed by atoms with Crippen LogP contribution in [0.5, 0.6) is 0 Å². The van der Waals surface area contributed by atoms with Crippen LogP contribution in [-0.4, -0.2) is 9.91 Å². The quantitative estimate of drug-likeness (QED) is 0.232. The van der Waals surface area contributed by atoms with Crippen LogP contribution >= 0.6 is 11.3 Å². The van der Waals surface area contributed by atoms with E-state index in [1.807, 2.05) is 5.38 Å². The van der Waals surface area contributed by atoms with Crippen molar-refractivity contribution in [1.29, 1.82) is 5.26 Å². The molecule has 0 N–H and O–H groups in total. The average molecular weight is 403 g/mol. The van der Waals surface area contributed by atoms with E-state index >= 15 is 0 Å². The van der Waals surface area contributed by atoms with E-state index in [1.54, 1.807) is 55.7 Å². The van der Waals surface area contributed by atoms with Gasteiger partial charge in [-0.1, -0.05) is 6.07 Å². The van der Waals surface area contributed by atoms with E-state index in [1.165, 1.54) is 17.4 Å². The second kappa shape index (κ2) is 7.58. The Bertz CT molecular complexity index is 1260. The maximum atomic E-state index is 11.4. The normalized spacial score (nSPS) is 11.4. The molecule has 0 aliphatic carbocycles. The van der Waals surface area contributed by atoms with Gasteiger partial charge in [-0.05, 0) is 42.8 Å². The summed E-state index contributed by atoms with van der Waals surface area (Å²) in [5.41, 5.74) is 2.11. The first kappa shape index (κ1) is 18.4. The van der Waals surface area contributed by atoms with Gasteiger partial charge in [0.25, 0.3) is 5.69 Å². The molecular weight excluding hydrogens is 390 g/mol. The molecule has 1 aromatic carbocycles. The molecule has 3 aromatic heterocycles. The van der Waals surface area contributed by atoms with Gasteiger partial charge in [0.1, 0.15) is 28.3 Å². The van der Waals surface area contributed by atoms with Gasteiger partial charge in [-0.3, -0.25) is 10.1 Å². The highest BCUT2D eigenvalue weighted by atomic mass is 32.1. The predicted octanol–water partition coefficient (Wildman–Crippen LogP) is 5.94. The number of hydrogen-bond donors (Lipinski definition) is 0. The number of hydrogen-bond acceptors (Lipinski definition) is 7. The molecule has 0 bridgehead atoms. The Labute approximate surface area is 169 Å². The number of benzene rings is 1. The van der Waals surface area contributed by atoms with E-state index in [0.717, 1.165) is 5.56 Å². The summed E-state index contributed by atoms with van der Waals surface area (Å²) in [4.78, 5) is 15.4. The number of nitro benzene ring substituents is 1. The zero-order valence-corrected chi connectivity index (χ0v) is 16.0. The van der Waals surface area contributed by atoms with Crippen molar-refractivity contribution in [3.8, 4) is 28.8 Å². The lowest BCUT2D eigenvalue weighted by molar-refractivity contribution is -0.384. The topological polar surface area (TPSA) is 106 Å². The molecule has 0 saturated carbocycles. The fourth-order valence-electron chi connectivity index (χ4n) is 2.80.